The highest BCUT2D eigenvalue weighted by Crippen LogP contribution is 2.21. The number of amides is 1. The van der Waals surface area contributed by atoms with E-state index in [2.05, 4.69) is 41.8 Å². The quantitative estimate of drug-likeness (QED) is 0.903. The van der Waals surface area contributed by atoms with E-state index in [-0.39, 0.29) is 24.4 Å². The maximum atomic E-state index is 12.3. The van der Waals surface area contributed by atoms with Crippen LogP contribution in [-0.4, -0.2) is 19.0 Å². The molecule has 1 amide bonds. The van der Waals surface area contributed by atoms with Crippen LogP contribution in [0.4, 0.5) is 0 Å². The van der Waals surface area contributed by atoms with E-state index in [1.165, 1.54) is 16.7 Å². The molecule has 0 radical (unpaired) electrons. The van der Waals surface area contributed by atoms with E-state index in [9.17, 15) is 4.79 Å². The molecular weight excluding hydrogens is 308 g/mol. The molecule has 1 atom stereocenters. The minimum absolute atomic E-state index is 0. The second-order valence-corrected chi connectivity index (χ2v) is 5.72. The summed E-state index contributed by atoms with van der Waals surface area (Å²) in [6.07, 6.45) is 2.05. The van der Waals surface area contributed by atoms with Crippen molar-refractivity contribution in [2.75, 3.05) is 13.1 Å². The first kappa shape index (κ1) is 17.5. The van der Waals surface area contributed by atoms with Gasteiger partial charge in [0.15, 0.2) is 0 Å². The van der Waals surface area contributed by atoms with Gasteiger partial charge >= 0.3 is 0 Å². The van der Waals surface area contributed by atoms with Gasteiger partial charge in [0, 0.05) is 18.2 Å². The molecule has 122 valence electrons. The topological polar surface area (TPSA) is 41.1 Å². The Morgan fingerprint density at radius 2 is 1.91 bits per heavy atom. The Labute approximate surface area is 143 Å². The van der Waals surface area contributed by atoms with Crippen molar-refractivity contribution in [1.29, 1.82) is 0 Å². The second kappa shape index (κ2) is 8.14. The summed E-state index contributed by atoms with van der Waals surface area (Å²) in [5, 5.41) is 6.53. The highest BCUT2D eigenvalue weighted by molar-refractivity contribution is 5.94. The zero-order valence-electron chi connectivity index (χ0n) is 13.3. The fourth-order valence-corrected chi connectivity index (χ4v) is 2.96. The van der Waals surface area contributed by atoms with Crippen LogP contribution in [-0.2, 0) is 12.8 Å². The molecular formula is C19H23ClN2O. The van der Waals surface area contributed by atoms with Crippen LogP contribution in [0.15, 0.2) is 48.5 Å². The van der Waals surface area contributed by atoms with E-state index in [0.717, 1.165) is 24.9 Å². The SMILES string of the molecule is CCc1ccc(C(=O)NCC2NCCc3ccccc32)cc1.Cl. The third-order valence-electron chi connectivity index (χ3n) is 4.31. The summed E-state index contributed by atoms with van der Waals surface area (Å²) < 4.78 is 0. The third kappa shape index (κ3) is 4.12. The van der Waals surface area contributed by atoms with Gasteiger partial charge in [0.1, 0.15) is 0 Å². The van der Waals surface area contributed by atoms with Crippen molar-refractivity contribution in [3.8, 4) is 0 Å². The van der Waals surface area contributed by atoms with Crippen molar-refractivity contribution in [3.05, 3.63) is 70.8 Å². The number of fused-ring (bicyclic) bond motifs is 1. The van der Waals surface area contributed by atoms with E-state index in [0.29, 0.717) is 6.54 Å². The Hall–Kier alpha value is -1.84. The third-order valence-corrected chi connectivity index (χ3v) is 4.31. The van der Waals surface area contributed by atoms with Crippen LogP contribution in [0.25, 0.3) is 0 Å². The number of halogens is 1. The van der Waals surface area contributed by atoms with Gasteiger partial charge in [0.25, 0.3) is 5.91 Å². The predicted molar refractivity (Wildman–Crippen MR) is 96.3 cm³/mol. The van der Waals surface area contributed by atoms with E-state index in [4.69, 9.17) is 0 Å². The largest absolute Gasteiger partial charge is 0.350 e. The lowest BCUT2D eigenvalue weighted by atomic mass is 9.94. The summed E-state index contributed by atoms with van der Waals surface area (Å²) in [6, 6.07) is 16.5. The zero-order chi connectivity index (χ0) is 15.4. The van der Waals surface area contributed by atoms with E-state index in [1.807, 2.05) is 24.3 Å². The molecule has 2 N–H and O–H groups in total. The van der Waals surface area contributed by atoms with Crippen molar-refractivity contribution >= 4 is 18.3 Å². The lowest BCUT2D eigenvalue weighted by Crippen LogP contribution is -2.38. The lowest BCUT2D eigenvalue weighted by Gasteiger charge is -2.27. The van der Waals surface area contributed by atoms with Crippen LogP contribution in [0, 0.1) is 0 Å². The first-order chi connectivity index (χ1) is 10.8. The summed E-state index contributed by atoms with van der Waals surface area (Å²) in [5.74, 6) is -0.00694. The summed E-state index contributed by atoms with van der Waals surface area (Å²) >= 11 is 0. The first-order valence-electron chi connectivity index (χ1n) is 7.96. The number of benzene rings is 2. The fraction of sp³-hybridized carbons (Fsp3) is 0.316. The summed E-state index contributed by atoms with van der Waals surface area (Å²) in [5.41, 5.74) is 4.66. The van der Waals surface area contributed by atoms with Crippen LogP contribution in [0.1, 0.15) is 40.0 Å². The fourth-order valence-electron chi connectivity index (χ4n) is 2.96. The highest BCUT2D eigenvalue weighted by atomic mass is 35.5. The van der Waals surface area contributed by atoms with Crippen molar-refractivity contribution in [3.63, 3.8) is 0 Å². The summed E-state index contributed by atoms with van der Waals surface area (Å²) in [4.78, 5) is 12.3. The number of carbonyl (C=O) groups excluding carboxylic acids is 1. The maximum absolute atomic E-state index is 12.3. The standard InChI is InChI=1S/C19H22N2O.ClH/c1-2-14-7-9-16(10-8-14)19(22)21-13-18-17-6-4-3-5-15(17)11-12-20-18;/h3-10,18,20H,2,11-13H2,1H3,(H,21,22);1H. The van der Waals surface area contributed by atoms with Crippen molar-refractivity contribution < 1.29 is 4.79 Å². The Kier molecular flexibility index (Phi) is 6.20. The number of aryl methyl sites for hydroxylation is 1. The lowest BCUT2D eigenvalue weighted by molar-refractivity contribution is 0.0949. The minimum atomic E-state index is -0.00694. The molecule has 0 aliphatic carbocycles. The Morgan fingerprint density at radius 1 is 1.17 bits per heavy atom. The molecule has 0 spiro atoms. The molecule has 1 unspecified atom stereocenters. The number of carbonyl (C=O) groups is 1. The average Bonchev–Trinajstić information content (AvgIpc) is 2.59. The smallest absolute Gasteiger partial charge is 0.251 e. The van der Waals surface area contributed by atoms with Crippen LogP contribution in [0.5, 0.6) is 0 Å². The van der Waals surface area contributed by atoms with Gasteiger partial charge in [0.2, 0.25) is 0 Å². The zero-order valence-corrected chi connectivity index (χ0v) is 14.2. The van der Waals surface area contributed by atoms with Gasteiger partial charge in [0.05, 0.1) is 0 Å². The molecule has 0 bridgehead atoms. The molecule has 0 fully saturated rings. The van der Waals surface area contributed by atoms with Gasteiger partial charge in [-0.3, -0.25) is 4.79 Å². The number of hydrogen-bond acceptors (Lipinski definition) is 2. The summed E-state index contributed by atoms with van der Waals surface area (Å²) in [6.45, 7) is 3.69. The number of rotatable bonds is 4. The van der Waals surface area contributed by atoms with Gasteiger partial charge in [-0.1, -0.05) is 43.3 Å². The molecule has 23 heavy (non-hydrogen) atoms. The van der Waals surface area contributed by atoms with E-state index in [1.54, 1.807) is 0 Å². The highest BCUT2D eigenvalue weighted by Gasteiger charge is 2.19. The molecule has 0 saturated carbocycles. The molecule has 1 heterocycles. The molecule has 0 aromatic heterocycles. The van der Waals surface area contributed by atoms with E-state index < -0.39 is 0 Å². The molecule has 1 aliphatic rings. The van der Waals surface area contributed by atoms with Crippen molar-refractivity contribution in [2.45, 2.75) is 25.8 Å². The normalized spacial score (nSPS) is 16.1. The molecule has 3 nitrogen and oxygen atoms in total. The Balaban J connectivity index is 0.00000192. The van der Waals surface area contributed by atoms with Crippen LogP contribution in [0.2, 0.25) is 0 Å². The second-order valence-electron chi connectivity index (χ2n) is 5.72. The maximum Gasteiger partial charge on any atom is 0.251 e. The Bertz CT molecular complexity index is 655. The monoisotopic (exact) mass is 330 g/mol. The first-order valence-corrected chi connectivity index (χ1v) is 7.96. The van der Waals surface area contributed by atoms with Gasteiger partial charge in [-0.15, -0.1) is 12.4 Å². The van der Waals surface area contributed by atoms with Gasteiger partial charge in [-0.2, -0.15) is 0 Å². The van der Waals surface area contributed by atoms with Gasteiger partial charge < -0.3 is 10.6 Å². The molecule has 2 aromatic carbocycles. The van der Waals surface area contributed by atoms with Crippen molar-refractivity contribution in [1.82, 2.24) is 10.6 Å². The van der Waals surface area contributed by atoms with Crippen LogP contribution in [0.3, 0.4) is 0 Å². The minimum Gasteiger partial charge on any atom is -0.350 e. The van der Waals surface area contributed by atoms with Crippen LogP contribution >= 0.6 is 12.4 Å². The van der Waals surface area contributed by atoms with Gasteiger partial charge in [-0.25, -0.2) is 0 Å². The van der Waals surface area contributed by atoms with Crippen molar-refractivity contribution in [2.24, 2.45) is 0 Å². The molecule has 4 heteroatoms. The van der Waals surface area contributed by atoms with E-state index >= 15 is 0 Å². The average molecular weight is 331 g/mol. The molecule has 3 rings (SSSR count). The number of nitrogens with one attached hydrogen (secondary N) is 2. The predicted octanol–water partition coefficient (Wildman–Crippen LogP) is 3.29. The summed E-state index contributed by atoms with van der Waals surface area (Å²) in [7, 11) is 0. The molecule has 1 aliphatic heterocycles. The molecule has 2 aromatic rings. The Morgan fingerprint density at radius 3 is 2.65 bits per heavy atom. The van der Waals surface area contributed by atoms with Crippen LogP contribution < -0.4 is 10.6 Å². The van der Waals surface area contributed by atoms with Gasteiger partial charge in [-0.05, 0) is 48.2 Å². The molecule has 0 saturated heterocycles. The number of hydrogen-bond donors (Lipinski definition) is 2.